The Morgan fingerprint density at radius 3 is 3.15 bits per heavy atom. The zero-order valence-corrected chi connectivity index (χ0v) is 7.87. The van der Waals surface area contributed by atoms with Crippen LogP contribution in [0.3, 0.4) is 0 Å². The third kappa shape index (κ3) is 2.11. The zero-order chi connectivity index (χ0) is 9.10. The Hall–Kier alpha value is -1.24. The smallest absolute Gasteiger partial charge is 0.0386 e. The summed E-state index contributed by atoms with van der Waals surface area (Å²) in [6.07, 6.45) is 13.2. The third-order valence-electron chi connectivity index (χ3n) is 2.49. The van der Waals surface area contributed by atoms with Gasteiger partial charge in [0, 0.05) is 13.1 Å². The monoisotopic (exact) mass is 173 g/mol. The van der Waals surface area contributed by atoms with Crippen LogP contribution < -0.4 is 0 Å². The van der Waals surface area contributed by atoms with Crippen molar-refractivity contribution in [2.24, 2.45) is 0 Å². The molecule has 2 aliphatic heterocycles. The predicted molar refractivity (Wildman–Crippen MR) is 56.3 cm³/mol. The largest absolute Gasteiger partial charge is 0.373 e. The summed E-state index contributed by atoms with van der Waals surface area (Å²) < 4.78 is 0. The minimum atomic E-state index is 1.07. The number of rotatable bonds is 0. The molecule has 13 heavy (non-hydrogen) atoms. The number of nitrogens with zero attached hydrogens (tertiary/aromatic N) is 1. The summed E-state index contributed by atoms with van der Waals surface area (Å²) in [5.41, 5.74) is 2.60. The second kappa shape index (κ2) is 3.65. The standard InChI is InChI=1S/C12H15N/c1-11-4-2-5-12-6-3-8-13(10-12)9-7-11/h2,4-5,7,9H,1,3,6,8,10H2/b4-2-,9-7-,12-5-. The van der Waals surface area contributed by atoms with Crippen LogP contribution in [0.5, 0.6) is 0 Å². The highest BCUT2D eigenvalue weighted by Crippen LogP contribution is 2.17. The quantitative estimate of drug-likeness (QED) is 0.544. The maximum atomic E-state index is 3.94. The molecule has 1 nitrogen and oxygen atoms in total. The van der Waals surface area contributed by atoms with Crippen molar-refractivity contribution in [3.05, 3.63) is 48.2 Å². The first-order valence-corrected chi connectivity index (χ1v) is 4.82. The van der Waals surface area contributed by atoms with E-state index in [1.807, 2.05) is 0 Å². The predicted octanol–water partition coefficient (Wildman–Crippen LogP) is 2.65. The lowest BCUT2D eigenvalue weighted by Crippen LogP contribution is -2.25. The Morgan fingerprint density at radius 1 is 1.31 bits per heavy atom. The van der Waals surface area contributed by atoms with Crippen LogP contribution in [0.1, 0.15) is 12.8 Å². The normalized spacial score (nSPS) is 30.9. The third-order valence-corrected chi connectivity index (χ3v) is 2.49. The van der Waals surface area contributed by atoms with Crippen LogP contribution in [0.15, 0.2) is 48.2 Å². The molecule has 0 N–H and O–H groups in total. The first kappa shape index (κ1) is 8.36. The molecule has 1 fully saturated rings. The van der Waals surface area contributed by atoms with Crippen molar-refractivity contribution < 1.29 is 0 Å². The molecule has 0 atom stereocenters. The molecule has 0 aromatic rings. The number of hydrogen-bond acceptors (Lipinski definition) is 1. The van der Waals surface area contributed by atoms with Gasteiger partial charge in [-0.1, -0.05) is 30.4 Å². The van der Waals surface area contributed by atoms with Crippen LogP contribution in [0.4, 0.5) is 0 Å². The lowest BCUT2D eigenvalue weighted by Gasteiger charge is -2.26. The SMILES string of the molecule is C=C1/C=C\C=C2\CCCN(/C=C\1)C2. The van der Waals surface area contributed by atoms with Crippen LogP contribution in [-0.4, -0.2) is 18.0 Å². The van der Waals surface area contributed by atoms with E-state index in [1.165, 1.54) is 25.0 Å². The summed E-state index contributed by atoms with van der Waals surface area (Å²) in [6.45, 7) is 6.22. The van der Waals surface area contributed by atoms with E-state index in [2.05, 4.69) is 42.0 Å². The maximum absolute atomic E-state index is 3.94. The Bertz CT molecular complexity index is 294. The molecule has 0 aliphatic carbocycles. The lowest BCUT2D eigenvalue weighted by molar-refractivity contribution is 0.360. The molecule has 0 saturated carbocycles. The fraction of sp³-hybridized carbons (Fsp3) is 0.333. The summed E-state index contributed by atoms with van der Waals surface area (Å²) in [5, 5.41) is 0. The van der Waals surface area contributed by atoms with Gasteiger partial charge in [-0.3, -0.25) is 0 Å². The topological polar surface area (TPSA) is 3.24 Å². The molecule has 2 bridgehead atoms. The van der Waals surface area contributed by atoms with Crippen LogP contribution in [0.25, 0.3) is 0 Å². The van der Waals surface area contributed by atoms with Gasteiger partial charge in [-0.2, -0.15) is 0 Å². The first-order chi connectivity index (χ1) is 6.34. The van der Waals surface area contributed by atoms with Crippen LogP contribution in [-0.2, 0) is 0 Å². The van der Waals surface area contributed by atoms with Crippen LogP contribution in [0, 0.1) is 0 Å². The van der Waals surface area contributed by atoms with Gasteiger partial charge in [0.1, 0.15) is 0 Å². The van der Waals surface area contributed by atoms with Gasteiger partial charge < -0.3 is 4.90 Å². The Kier molecular flexibility index (Phi) is 2.35. The van der Waals surface area contributed by atoms with Crippen molar-refractivity contribution >= 4 is 0 Å². The number of fused-ring (bicyclic) bond motifs is 2. The number of allylic oxidation sites excluding steroid dienone is 5. The van der Waals surface area contributed by atoms with Gasteiger partial charge in [-0.05, 0) is 30.7 Å². The molecule has 0 aromatic carbocycles. The summed E-state index contributed by atoms with van der Waals surface area (Å²) in [6, 6.07) is 0. The summed E-state index contributed by atoms with van der Waals surface area (Å²) in [4.78, 5) is 2.35. The maximum Gasteiger partial charge on any atom is 0.0386 e. The highest BCUT2D eigenvalue weighted by molar-refractivity contribution is 5.32. The highest BCUT2D eigenvalue weighted by Gasteiger charge is 2.10. The van der Waals surface area contributed by atoms with Gasteiger partial charge in [-0.15, -0.1) is 0 Å². The van der Waals surface area contributed by atoms with Crippen molar-refractivity contribution in [1.29, 1.82) is 0 Å². The molecular weight excluding hydrogens is 158 g/mol. The highest BCUT2D eigenvalue weighted by atomic mass is 15.1. The Labute approximate surface area is 79.7 Å². The molecule has 0 unspecified atom stereocenters. The lowest BCUT2D eigenvalue weighted by atomic mass is 10.1. The van der Waals surface area contributed by atoms with E-state index in [0.29, 0.717) is 0 Å². The van der Waals surface area contributed by atoms with Crippen molar-refractivity contribution in [3.63, 3.8) is 0 Å². The van der Waals surface area contributed by atoms with Crippen molar-refractivity contribution in [2.75, 3.05) is 13.1 Å². The Balaban J connectivity index is 2.24. The van der Waals surface area contributed by atoms with E-state index in [4.69, 9.17) is 0 Å². The van der Waals surface area contributed by atoms with E-state index in [1.54, 1.807) is 0 Å². The summed E-state index contributed by atoms with van der Waals surface area (Å²) >= 11 is 0. The average Bonchev–Trinajstić information content (AvgIpc) is 2.20. The molecule has 0 spiro atoms. The van der Waals surface area contributed by atoms with E-state index >= 15 is 0 Å². The molecule has 1 saturated heterocycles. The summed E-state index contributed by atoms with van der Waals surface area (Å²) in [5.74, 6) is 0. The second-order valence-electron chi connectivity index (χ2n) is 3.65. The zero-order valence-electron chi connectivity index (χ0n) is 7.87. The van der Waals surface area contributed by atoms with Gasteiger partial charge in [0.15, 0.2) is 0 Å². The van der Waals surface area contributed by atoms with Crippen LogP contribution in [0.2, 0.25) is 0 Å². The van der Waals surface area contributed by atoms with Gasteiger partial charge in [0.05, 0.1) is 0 Å². The number of hydrogen-bond donors (Lipinski definition) is 0. The fourth-order valence-electron chi connectivity index (χ4n) is 1.76. The van der Waals surface area contributed by atoms with E-state index in [0.717, 1.165) is 12.1 Å². The van der Waals surface area contributed by atoms with Gasteiger partial charge in [0.25, 0.3) is 0 Å². The molecule has 2 aliphatic rings. The number of piperidine rings is 1. The fourth-order valence-corrected chi connectivity index (χ4v) is 1.76. The van der Waals surface area contributed by atoms with E-state index < -0.39 is 0 Å². The molecule has 0 amide bonds. The van der Waals surface area contributed by atoms with Crippen molar-refractivity contribution in [2.45, 2.75) is 12.8 Å². The molecule has 0 radical (unpaired) electrons. The molecule has 1 heteroatoms. The van der Waals surface area contributed by atoms with Gasteiger partial charge in [0.2, 0.25) is 0 Å². The molecule has 68 valence electrons. The minimum absolute atomic E-state index is 1.07. The minimum Gasteiger partial charge on any atom is -0.373 e. The molecular formula is C12H15N. The Morgan fingerprint density at radius 2 is 2.23 bits per heavy atom. The second-order valence-corrected chi connectivity index (χ2v) is 3.65. The van der Waals surface area contributed by atoms with Crippen molar-refractivity contribution in [3.8, 4) is 0 Å². The summed E-state index contributed by atoms with van der Waals surface area (Å²) in [7, 11) is 0. The first-order valence-electron chi connectivity index (χ1n) is 4.82. The molecule has 2 rings (SSSR count). The van der Waals surface area contributed by atoms with Crippen LogP contribution >= 0.6 is 0 Å². The molecule has 0 aromatic heterocycles. The molecule has 2 heterocycles. The average molecular weight is 173 g/mol. The van der Waals surface area contributed by atoms with Gasteiger partial charge in [-0.25, -0.2) is 0 Å². The van der Waals surface area contributed by atoms with E-state index in [9.17, 15) is 0 Å². The van der Waals surface area contributed by atoms with E-state index in [-0.39, 0.29) is 0 Å². The van der Waals surface area contributed by atoms with Crippen molar-refractivity contribution in [1.82, 2.24) is 4.90 Å². The van der Waals surface area contributed by atoms with Gasteiger partial charge >= 0.3 is 0 Å².